The number of rotatable bonds is 6. The van der Waals surface area contributed by atoms with E-state index in [0.717, 1.165) is 30.3 Å². The average molecular weight is 537 g/mol. The largest absolute Gasteiger partial charge is 0.277 e. The molecule has 1 fully saturated rings. The van der Waals surface area contributed by atoms with E-state index in [1.54, 1.807) is 6.07 Å². The molecule has 0 unspecified atom stereocenters. The van der Waals surface area contributed by atoms with Gasteiger partial charge in [-0.3, -0.25) is 4.72 Å². The molecule has 1 N–H and O–H groups in total. The minimum absolute atomic E-state index is 0.0196. The van der Waals surface area contributed by atoms with Gasteiger partial charge in [0.1, 0.15) is 16.5 Å². The van der Waals surface area contributed by atoms with Gasteiger partial charge in [0.2, 0.25) is 5.28 Å². The van der Waals surface area contributed by atoms with Crippen molar-refractivity contribution in [1.82, 2.24) is 15.0 Å². The summed E-state index contributed by atoms with van der Waals surface area (Å²) in [5, 5.41) is 0.842. The maximum absolute atomic E-state index is 15.7. The van der Waals surface area contributed by atoms with Gasteiger partial charge in [-0.1, -0.05) is 12.5 Å². The average Bonchev–Trinajstić information content (AvgIpc) is 3.20. The summed E-state index contributed by atoms with van der Waals surface area (Å²) in [5.41, 5.74) is 0.324. The first kappa shape index (κ1) is 23.7. The molecule has 6 nitrogen and oxygen atoms in total. The van der Waals surface area contributed by atoms with Crippen molar-refractivity contribution in [1.29, 1.82) is 0 Å². The van der Waals surface area contributed by atoms with E-state index in [9.17, 15) is 17.2 Å². The minimum atomic E-state index is -4.62. The van der Waals surface area contributed by atoms with Crippen molar-refractivity contribution in [2.75, 3.05) is 4.72 Å². The molecule has 0 radical (unpaired) electrons. The first-order valence-corrected chi connectivity index (χ1v) is 13.2. The first-order valence-electron chi connectivity index (χ1n) is 10.5. The number of halogens is 4. The molecular weight excluding hydrogens is 521 g/mol. The highest BCUT2D eigenvalue weighted by Crippen LogP contribution is 2.45. The third-order valence-electron chi connectivity index (χ3n) is 5.64. The van der Waals surface area contributed by atoms with Crippen molar-refractivity contribution < 1.29 is 21.6 Å². The van der Waals surface area contributed by atoms with Gasteiger partial charge in [0.25, 0.3) is 10.0 Å². The van der Waals surface area contributed by atoms with Crippen LogP contribution in [0.4, 0.5) is 18.9 Å². The quantitative estimate of drug-likeness (QED) is 0.288. The van der Waals surface area contributed by atoms with Gasteiger partial charge in [-0.05, 0) is 60.8 Å². The van der Waals surface area contributed by atoms with Crippen LogP contribution in [0.1, 0.15) is 30.2 Å². The zero-order chi connectivity index (χ0) is 24.7. The van der Waals surface area contributed by atoms with Gasteiger partial charge in [0, 0.05) is 17.7 Å². The molecule has 1 aliphatic carbocycles. The third kappa shape index (κ3) is 4.63. The van der Waals surface area contributed by atoms with Gasteiger partial charge in [-0.2, -0.15) is 0 Å². The standard InChI is InChI=1S/C23H16ClF3N4O2S2/c24-23-28-10-9-17(29-23)21-20(30-22(34-21)12-3-1-4-12)14-5-2-6-16(19(14)27)31-35(32,33)18-11-13(25)7-8-15(18)26/h2,5-12,31H,1,3-4H2. The maximum Gasteiger partial charge on any atom is 0.265 e. The molecule has 1 aliphatic rings. The van der Waals surface area contributed by atoms with Crippen molar-refractivity contribution in [2.45, 2.75) is 30.1 Å². The van der Waals surface area contributed by atoms with Crippen LogP contribution in [-0.2, 0) is 10.0 Å². The molecule has 2 aromatic heterocycles. The normalized spacial score (nSPS) is 14.1. The Morgan fingerprint density at radius 1 is 1.06 bits per heavy atom. The van der Waals surface area contributed by atoms with E-state index >= 15 is 4.39 Å². The summed E-state index contributed by atoms with van der Waals surface area (Å²) in [6.45, 7) is 0. The molecule has 5 rings (SSSR count). The molecule has 4 aromatic rings. The zero-order valence-electron chi connectivity index (χ0n) is 17.8. The predicted octanol–water partition coefficient (Wildman–Crippen LogP) is 6.41. The highest BCUT2D eigenvalue weighted by atomic mass is 35.5. The molecule has 0 bridgehead atoms. The van der Waals surface area contributed by atoms with Gasteiger partial charge >= 0.3 is 0 Å². The van der Waals surface area contributed by atoms with Crippen LogP contribution in [0.25, 0.3) is 21.8 Å². The lowest BCUT2D eigenvalue weighted by Crippen LogP contribution is -2.16. The molecule has 180 valence electrons. The lowest BCUT2D eigenvalue weighted by Gasteiger charge is -2.22. The molecule has 0 aliphatic heterocycles. The summed E-state index contributed by atoms with van der Waals surface area (Å²) in [4.78, 5) is 12.4. The summed E-state index contributed by atoms with van der Waals surface area (Å²) in [6, 6.07) is 7.73. The second kappa shape index (κ2) is 9.21. The summed E-state index contributed by atoms with van der Waals surface area (Å²) >= 11 is 7.34. The minimum Gasteiger partial charge on any atom is -0.277 e. The number of nitrogens with one attached hydrogen (secondary N) is 1. The Kier molecular flexibility index (Phi) is 6.24. The fraction of sp³-hybridized carbons (Fsp3) is 0.174. The summed E-state index contributed by atoms with van der Waals surface area (Å²) in [7, 11) is -4.62. The second-order valence-electron chi connectivity index (χ2n) is 7.92. The van der Waals surface area contributed by atoms with Crippen LogP contribution >= 0.6 is 22.9 Å². The first-order chi connectivity index (χ1) is 16.7. The van der Waals surface area contributed by atoms with Crippen LogP contribution in [0.3, 0.4) is 0 Å². The molecule has 2 heterocycles. The number of anilines is 1. The van der Waals surface area contributed by atoms with Crippen LogP contribution in [0.15, 0.2) is 53.6 Å². The van der Waals surface area contributed by atoms with Gasteiger partial charge in [0.15, 0.2) is 5.82 Å². The van der Waals surface area contributed by atoms with Crippen molar-refractivity contribution in [3.8, 4) is 21.8 Å². The van der Waals surface area contributed by atoms with Crippen molar-refractivity contribution >= 4 is 38.6 Å². The molecule has 0 amide bonds. The number of sulfonamides is 1. The highest BCUT2D eigenvalue weighted by molar-refractivity contribution is 7.92. The predicted molar refractivity (Wildman–Crippen MR) is 127 cm³/mol. The lowest BCUT2D eigenvalue weighted by molar-refractivity contribution is 0.418. The molecule has 0 atom stereocenters. The molecule has 12 heteroatoms. The van der Waals surface area contributed by atoms with E-state index in [4.69, 9.17) is 11.6 Å². The fourth-order valence-electron chi connectivity index (χ4n) is 3.66. The van der Waals surface area contributed by atoms with Crippen LogP contribution in [0, 0.1) is 17.5 Å². The van der Waals surface area contributed by atoms with E-state index in [1.807, 2.05) is 4.72 Å². The Labute approximate surface area is 207 Å². The molecule has 1 saturated carbocycles. The second-order valence-corrected chi connectivity index (χ2v) is 10.9. The van der Waals surface area contributed by atoms with Crippen LogP contribution in [0.5, 0.6) is 0 Å². The summed E-state index contributed by atoms with van der Waals surface area (Å²) in [5.74, 6) is -2.77. The van der Waals surface area contributed by atoms with Crippen LogP contribution in [0.2, 0.25) is 5.28 Å². The van der Waals surface area contributed by atoms with E-state index in [-0.39, 0.29) is 22.5 Å². The lowest BCUT2D eigenvalue weighted by atomic mass is 9.86. The van der Waals surface area contributed by atoms with Crippen molar-refractivity contribution in [2.24, 2.45) is 0 Å². The Bertz CT molecular complexity index is 1540. The summed E-state index contributed by atoms with van der Waals surface area (Å²) < 4.78 is 70.8. The Morgan fingerprint density at radius 2 is 1.86 bits per heavy atom. The van der Waals surface area contributed by atoms with E-state index in [1.165, 1.54) is 35.7 Å². The monoisotopic (exact) mass is 536 g/mol. The molecule has 2 aromatic carbocycles. The van der Waals surface area contributed by atoms with Crippen LogP contribution in [-0.4, -0.2) is 23.4 Å². The maximum atomic E-state index is 15.7. The number of aromatic nitrogens is 3. The number of nitrogens with zero attached hydrogens (tertiary/aromatic N) is 3. The number of thiazole rings is 1. The Balaban J connectivity index is 1.59. The fourth-order valence-corrected chi connectivity index (χ4v) is 6.18. The third-order valence-corrected chi connectivity index (χ3v) is 8.44. The van der Waals surface area contributed by atoms with E-state index in [0.29, 0.717) is 22.7 Å². The molecule has 0 spiro atoms. The zero-order valence-corrected chi connectivity index (χ0v) is 20.2. The summed E-state index contributed by atoms with van der Waals surface area (Å²) in [6.07, 6.45) is 4.50. The number of hydrogen-bond acceptors (Lipinski definition) is 6. The SMILES string of the molecule is O=S(=O)(Nc1cccc(-c2nc(C3CCC3)sc2-c2ccnc(Cl)n2)c1F)c1cc(F)ccc1F. The van der Waals surface area contributed by atoms with Gasteiger partial charge in [-0.25, -0.2) is 36.5 Å². The Morgan fingerprint density at radius 3 is 2.57 bits per heavy atom. The van der Waals surface area contributed by atoms with Crippen molar-refractivity contribution in [3.63, 3.8) is 0 Å². The molecular formula is C23H16ClF3N4O2S2. The molecule has 35 heavy (non-hydrogen) atoms. The highest BCUT2D eigenvalue weighted by Gasteiger charge is 2.28. The van der Waals surface area contributed by atoms with Gasteiger partial charge in [0.05, 0.1) is 27.0 Å². The topological polar surface area (TPSA) is 84.8 Å². The van der Waals surface area contributed by atoms with Gasteiger partial charge < -0.3 is 0 Å². The smallest absolute Gasteiger partial charge is 0.265 e. The van der Waals surface area contributed by atoms with Gasteiger partial charge in [-0.15, -0.1) is 11.3 Å². The van der Waals surface area contributed by atoms with Crippen LogP contribution < -0.4 is 4.72 Å². The van der Waals surface area contributed by atoms with E-state index in [2.05, 4.69) is 15.0 Å². The number of benzene rings is 2. The number of hydrogen-bond donors (Lipinski definition) is 1. The van der Waals surface area contributed by atoms with Crippen molar-refractivity contribution in [3.05, 3.63) is 76.4 Å². The Hall–Kier alpha value is -3.02. The molecule has 0 saturated heterocycles. The van der Waals surface area contributed by atoms with E-state index < -0.39 is 38.1 Å².